The van der Waals surface area contributed by atoms with Gasteiger partial charge in [-0.15, -0.1) is 0 Å². The highest BCUT2D eigenvalue weighted by Crippen LogP contribution is 2.21. The van der Waals surface area contributed by atoms with Gasteiger partial charge in [-0.05, 0) is 6.42 Å². The van der Waals surface area contributed by atoms with E-state index in [0.717, 1.165) is 32.1 Å². The van der Waals surface area contributed by atoms with Crippen LogP contribution in [0.2, 0.25) is 0 Å². The van der Waals surface area contributed by atoms with E-state index in [4.69, 9.17) is 14.6 Å². The summed E-state index contributed by atoms with van der Waals surface area (Å²) in [5, 5.41) is 37.8. The van der Waals surface area contributed by atoms with E-state index in [1.807, 2.05) is 0 Å². The molecule has 7 heteroatoms. The molecule has 5 atom stereocenters. The Hall–Kier alpha value is -0.730. The Kier molecular flexibility index (Phi) is 8.89. The zero-order chi connectivity index (χ0) is 16.5. The van der Waals surface area contributed by atoms with E-state index in [1.165, 1.54) is 0 Å². The third-order valence-corrected chi connectivity index (χ3v) is 3.81. The lowest BCUT2D eigenvalue weighted by Gasteiger charge is -2.36. The van der Waals surface area contributed by atoms with Crippen molar-refractivity contribution >= 4 is 5.97 Å². The number of unbranched alkanes of at least 4 members (excludes halogenated alkanes) is 4. The summed E-state index contributed by atoms with van der Waals surface area (Å²) < 4.78 is 10.7. The van der Waals surface area contributed by atoms with Gasteiger partial charge in [0.1, 0.15) is 18.3 Å². The summed E-state index contributed by atoms with van der Waals surface area (Å²) in [6.07, 6.45) is 0.00466. The van der Waals surface area contributed by atoms with Crippen molar-refractivity contribution in [2.75, 3.05) is 6.61 Å². The van der Waals surface area contributed by atoms with Crippen LogP contribution in [0.15, 0.2) is 0 Å². The molecule has 4 N–H and O–H groups in total. The van der Waals surface area contributed by atoms with Crippen LogP contribution in [-0.2, 0) is 14.3 Å². The molecule has 2 unspecified atom stereocenters. The minimum atomic E-state index is -1.39. The molecule has 0 radical (unpaired) electrons. The predicted octanol–water partition coefficient (Wildman–Crippen LogP) is 0.646. The molecule has 0 aromatic carbocycles. The van der Waals surface area contributed by atoms with Crippen LogP contribution in [0, 0.1) is 0 Å². The molecular formula is C15H28O7. The van der Waals surface area contributed by atoms with E-state index in [0.29, 0.717) is 6.42 Å². The molecule has 1 saturated heterocycles. The Morgan fingerprint density at radius 1 is 1.18 bits per heavy atom. The van der Waals surface area contributed by atoms with Crippen LogP contribution in [0.5, 0.6) is 0 Å². The van der Waals surface area contributed by atoms with E-state index < -0.39 is 36.7 Å². The Bertz CT molecular complexity index is 323. The second kappa shape index (κ2) is 10.1. The lowest BCUT2D eigenvalue weighted by molar-refractivity contribution is -0.283. The van der Waals surface area contributed by atoms with Crippen LogP contribution in [-0.4, -0.2) is 63.7 Å². The lowest BCUT2D eigenvalue weighted by Crippen LogP contribution is -2.54. The normalized spacial score (nSPS) is 30.2. The molecule has 0 bridgehead atoms. The molecule has 22 heavy (non-hydrogen) atoms. The summed E-state index contributed by atoms with van der Waals surface area (Å²) in [5.74, 6) is -0.982. The SMILES string of the molecule is CCCCCCCC(CC(=O)O)OC1OC[C@@H](O)[C@H](O)[C@H]1O. The minimum Gasteiger partial charge on any atom is -0.481 e. The van der Waals surface area contributed by atoms with Gasteiger partial charge in [0.15, 0.2) is 6.29 Å². The largest absolute Gasteiger partial charge is 0.481 e. The fourth-order valence-corrected chi connectivity index (χ4v) is 2.48. The van der Waals surface area contributed by atoms with Crippen molar-refractivity contribution in [2.45, 2.75) is 82.6 Å². The van der Waals surface area contributed by atoms with Gasteiger partial charge in [0.2, 0.25) is 0 Å². The quantitative estimate of drug-likeness (QED) is 0.437. The van der Waals surface area contributed by atoms with Crippen molar-refractivity contribution in [3.8, 4) is 0 Å². The number of aliphatic hydroxyl groups is 3. The highest BCUT2D eigenvalue weighted by molar-refractivity contribution is 5.67. The second-order valence-electron chi connectivity index (χ2n) is 5.81. The minimum absolute atomic E-state index is 0.154. The Labute approximate surface area is 130 Å². The zero-order valence-corrected chi connectivity index (χ0v) is 13.1. The number of hydrogen-bond acceptors (Lipinski definition) is 6. The number of carbonyl (C=O) groups is 1. The molecule has 130 valence electrons. The van der Waals surface area contributed by atoms with E-state index in [2.05, 4.69) is 6.92 Å². The number of hydrogen-bond donors (Lipinski definition) is 4. The molecule has 1 fully saturated rings. The first kappa shape index (κ1) is 19.3. The molecule has 0 aromatic rings. The van der Waals surface area contributed by atoms with Crippen LogP contribution in [0.25, 0.3) is 0 Å². The van der Waals surface area contributed by atoms with E-state index in [9.17, 15) is 20.1 Å². The lowest BCUT2D eigenvalue weighted by atomic mass is 10.0. The summed E-state index contributed by atoms with van der Waals surface area (Å²) in [6, 6.07) is 0. The van der Waals surface area contributed by atoms with Gasteiger partial charge in [-0.3, -0.25) is 4.79 Å². The Balaban J connectivity index is 2.44. The van der Waals surface area contributed by atoms with Crippen LogP contribution < -0.4 is 0 Å². The van der Waals surface area contributed by atoms with Crippen molar-refractivity contribution < 1.29 is 34.7 Å². The number of aliphatic carboxylic acids is 1. The molecule has 0 spiro atoms. The molecule has 1 aliphatic heterocycles. The zero-order valence-electron chi connectivity index (χ0n) is 13.1. The van der Waals surface area contributed by atoms with Crippen molar-refractivity contribution in [2.24, 2.45) is 0 Å². The molecule has 0 amide bonds. The molecule has 0 saturated carbocycles. The monoisotopic (exact) mass is 320 g/mol. The van der Waals surface area contributed by atoms with Gasteiger partial charge in [0.05, 0.1) is 19.1 Å². The first-order valence-electron chi connectivity index (χ1n) is 7.98. The molecular weight excluding hydrogens is 292 g/mol. The average molecular weight is 320 g/mol. The summed E-state index contributed by atoms with van der Waals surface area (Å²) in [5.41, 5.74) is 0. The highest BCUT2D eigenvalue weighted by Gasteiger charge is 2.39. The first-order chi connectivity index (χ1) is 10.5. The van der Waals surface area contributed by atoms with Gasteiger partial charge >= 0.3 is 5.97 Å². The number of ether oxygens (including phenoxy) is 2. The summed E-state index contributed by atoms with van der Waals surface area (Å²) in [4.78, 5) is 10.9. The number of carboxylic acids is 1. The van der Waals surface area contributed by atoms with E-state index in [1.54, 1.807) is 0 Å². The Morgan fingerprint density at radius 2 is 1.86 bits per heavy atom. The van der Waals surface area contributed by atoms with Gasteiger partial charge in [-0.2, -0.15) is 0 Å². The average Bonchev–Trinajstić information content (AvgIpc) is 2.47. The Morgan fingerprint density at radius 3 is 2.50 bits per heavy atom. The first-order valence-corrected chi connectivity index (χ1v) is 7.98. The van der Waals surface area contributed by atoms with Gasteiger partial charge in [0, 0.05) is 0 Å². The topological polar surface area (TPSA) is 116 Å². The van der Waals surface area contributed by atoms with Crippen LogP contribution in [0.3, 0.4) is 0 Å². The molecule has 1 aliphatic rings. The second-order valence-corrected chi connectivity index (χ2v) is 5.81. The summed E-state index contributed by atoms with van der Waals surface area (Å²) in [6.45, 7) is 1.97. The maximum Gasteiger partial charge on any atom is 0.305 e. The van der Waals surface area contributed by atoms with Gasteiger partial charge in [-0.25, -0.2) is 0 Å². The fourth-order valence-electron chi connectivity index (χ4n) is 2.48. The molecule has 0 aromatic heterocycles. The van der Waals surface area contributed by atoms with E-state index >= 15 is 0 Å². The van der Waals surface area contributed by atoms with Crippen LogP contribution in [0.1, 0.15) is 51.9 Å². The standard InChI is InChI=1S/C15H28O7/c1-2-3-4-5-6-7-10(8-12(17)18)22-15-14(20)13(19)11(16)9-21-15/h10-11,13-16,19-20H,2-9H2,1H3,(H,17,18)/t10?,11-,13+,14-,15?/m1/s1. The third kappa shape index (κ3) is 6.58. The number of carboxylic acid groups (broad SMARTS) is 1. The molecule has 1 heterocycles. The highest BCUT2D eigenvalue weighted by atomic mass is 16.7. The van der Waals surface area contributed by atoms with Crippen molar-refractivity contribution in [3.63, 3.8) is 0 Å². The fraction of sp³-hybridized carbons (Fsp3) is 0.933. The maximum absolute atomic E-state index is 10.9. The number of rotatable bonds is 10. The van der Waals surface area contributed by atoms with Crippen molar-refractivity contribution in [1.29, 1.82) is 0 Å². The van der Waals surface area contributed by atoms with Crippen molar-refractivity contribution in [3.05, 3.63) is 0 Å². The summed E-state index contributed by atoms with van der Waals surface area (Å²) in [7, 11) is 0. The van der Waals surface area contributed by atoms with Crippen LogP contribution in [0.4, 0.5) is 0 Å². The van der Waals surface area contributed by atoms with Gasteiger partial charge < -0.3 is 29.9 Å². The smallest absolute Gasteiger partial charge is 0.305 e. The number of aliphatic hydroxyl groups excluding tert-OH is 3. The maximum atomic E-state index is 10.9. The molecule has 0 aliphatic carbocycles. The van der Waals surface area contributed by atoms with Crippen molar-refractivity contribution in [1.82, 2.24) is 0 Å². The summed E-state index contributed by atoms with van der Waals surface area (Å²) >= 11 is 0. The predicted molar refractivity (Wildman–Crippen MR) is 78.3 cm³/mol. The molecule has 7 nitrogen and oxygen atoms in total. The van der Waals surface area contributed by atoms with Crippen LogP contribution >= 0.6 is 0 Å². The van der Waals surface area contributed by atoms with E-state index in [-0.39, 0.29) is 13.0 Å². The molecule has 1 rings (SSSR count). The van der Waals surface area contributed by atoms with Gasteiger partial charge in [0.25, 0.3) is 0 Å². The van der Waals surface area contributed by atoms with Gasteiger partial charge in [-0.1, -0.05) is 39.0 Å². The third-order valence-electron chi connectivity index (χ3n) is 3.81.